The molecule has 1 aliphatic rings. The van der Waals surface area contributed by atoms with E-state index in [1.807, 2.05) is 17.9 Å². The average Bonchev–Trinajstić information content (AvgIpc) is 2.62. The number of amides is 1. The van der Waals surface area contributed by atoms with Gasteiger partial charge in [-0.2, -0.15) is 5.26 Å². The number of nitrogens with one attached hydrogen (secondary N) is 1. The van der Waals surface area contributed by atoms with Crippen LogP contribution in [-0.2, 0) is 0 Å². The van der Waals surface area contributed by atoms with Crippen molar-refractivity contribution in [2.45, 2.75) is 13.3 Å². The lowest BCUT2D eigenvalue weighted by molar-refractivity contribution is 0.0966. The van der Waals surface area contributed by atoms with E-state index in [0.717, 1.165) is 37.2 Å². The van der Waals surface area contributed by atoms with E-state index >= 15 is 0 Å². The van der Waals surface area contributed by atoms with E-state index in [1.54, 1.807) is 12.1 Å². The summed E-state index contributed by atoms with van der Waals surface area (Å²) >= 11 is 8.77. The third-order valence-electron chi connectivity index (χ3n) is 3.91. The Labute approximate surface area is 161 Å². The number of carbonyl (C=O) groups excluding carboxylic acids is 1. The second-order valence-electron chi connectivity index (χ2n) is 5.57. The fourth-order valence-electron chi connectivity index (χ4n) is 2.59. The molecule has 1 fully saturated rings. The minimum atomic E-state index is -0.276. The van der Waals surface area contributed by atoms with Gasteiger partial charge in [0, 0.05) is 43.6 Å². The molecule has 1 aliphatic heterocycles. The number of piperazine rings is 1. The van der Waals surface area contributed by atoms with Crippen LogP contribution in [0.25, 0.3) is 0 Å². The molecule has 1 amide bonds. The van der Waals surface area contributed by atoms with Gasteiger partial charge in [0.15, 0.2) is 5.11 Å². The molecule has 2 rings (SSSR count). The lowest BCUT2D eigenvalue weighted by Crippen LogP contribution is -2.52. The summed E-state index contributed by atoms with van der Waals surface area (Å²) < 4.78 is 6.32. The summed E-state index contributed by atoms with van der Waals surface area (Å²) in [5.74, 6) is 0.258. The second kappa shape index (κ2) is 9.70. The first-order valence-electron chi connectivity index (χ1n) is 8.17. The van der Waals surface area contributed by atoms with Crippen LogP contribution < -0.4 is 10.1 Å². The molecule has 0 aliphatic carbocycles. The minimum absolute atomic E-state index is 0.276. The third-order valence-corrected chi connectivity index (χ3v) is 4.76. The number of nitrogens with zero attached hydrogens (tertiary/aromatic N) is 3. The van der Waals surface area contributed by atoms with Crippen LogP contribution in [0, 0.1) is 11.3 Å². The van der Waals surface area contributed by atoms with Gasteiger partial charge in [0.1, 0.15) is 5.75 Å². The van der Waals surface area contributed by atoms with Crippen LogP contribution in [-0.4, -0.2) is 60.2 Å². The first-order chi connectivity index (χ1) is 12.0. The molecule has 0 atom stereocenters. The third kappa shape index (κ3) is 5.66. The van der Waals surface area contributed by atoms with Gasteiger partial charge in [0.05, 0.1) is 18.2 Å². The van der Waals surface area contributed by atoms with Crippen molar-refractivity contribution in [1.82, 2.24) is 15.1 Å². The first kappa shape index (κ1) is 19.6. The van der Waals surface area contributed by atoms with Gasteiger partial charge in [-0.05, 0) is 37.3 Å². The van der Waals surface area contributed by atoms with Crippen molar-refractivity contribution < 1.29 is 9.53 Å². The molecule has 1 aromatic rings. The topological polar surface area (TPSA) is 68.6 Å². The second-order valence-corrected chi connectivity index (χ2v) is 6.87. The quantitative estimate of drug-likeness (QED) is 0.731. The molecule has 8 heteroatoms. The van der Waals surface area contributed by atoms with E-state index in [2.05, 4.69) is 32.2 Å². The number of nitriles is 1. The van der Waals surface area contributed by atoms with Crippen LogP contribution in [0.4, 0.5) is 0 Å². The highest BCUT2D eigenvalue weighted by molar-refractivity contribution is 9.10. The van der Waals surface area contributed by atoms with E-state index in [-0.39, 0.29) is 5.91 Å². The minimum Gasteiger partial charge on any atom is -0.493 e. The van der Waals surface area contributed by atoms with Gasteiger partial charge >= 0.3 is 0 Å². The molecular weight excluding hydrogens is 404 g/mol. The van der Waals surface area contributed by atoms with Crippen molar-refractivity contribution in [3.8, 4) is 11.8 Å². The predicted molar refractivity (Wildman–Crippen MR) is 104 cm³/mol. The molecule has 1 aromatic carbocycles. The molecule has 1 N–H and O–H groups in total. The highest BCUT2D eigenvalue weighted by Gasteiger charge is 2.21. The first-order valence-corrected chi connectivity index (χ1v) is 9.37. The molecule has 0 aromatic heterocycles. The normalized spacial score (nSPS) is 14.7. The van der Waals surface area contributed by atoms with Crippen LogP contribution in [0.15, 0.2) is 22.7 Å². The molecule has 0 spiro atoms. The standard InChI is InChI=1S/C17H21BrN4O2S/c1-2-24-15-5-4-13(18)12-14(15)16(23)20-17(25)22-10-8-21(9-11-22)7-3-6-19/h4-5,12H,2-3,7-11H2,1H3,(H,20,23,25). The van der Waals surface area contributed by atoms with Crippen molar-refractivity contribution in [3.05, 3.63) is 28.2 Å². The Morgan fingerprint density at radius 3 is 2.76 bits per heavy atom. The number of thiocarbonyl (C=S) groups is 1. The summed E-state index contributed by atoms with van der Waals surface area (Å²) in [5, 5.41) is 11.9. The van der Waals surface area contributed by atoms with Crippen molar-refractivity contribution in [2.75, 3.05) is 39.3 Å². The van der Waals surface area contributed by atoms with Crippen molar-refractivity contribution >= 4 is 39.2 Å². The molecule has 0 unspecified atom stereocenters. The van der Waals surface area contributed by atoms with E-state index in [1.165, 1.54) is 0 Å². The monoisotopic (exact) mass is 424 g/mol. The van der Waals surface area contributed by atoms with Crippen molar-refractivity contribution in [1.29, 1.82) is 5.26 Å². The lowest BCUT2D eigenvalue weighted by Gasteiger charge is -2.35. The van der Waals surface area contributed by atoms with Gasteiger partial charge in [-0.15, -0.1) is 0 Å². The molecular formula is C17H21BrN4O2S. The largest absolute Gasteiger partial charge is 0.493 e. The van der Waals surface area contributed by atoms with Crippen molar-refractivity contribution in [3.63, 3.8) is 0 Å². The Hall–Kier alpha value is -1.69. The Kier molecular flexibility index (Phi) is 7.62. The van der Waals surface area contributed by atoms with Gasteiger partial charge < -0.3 is 9.64 Å². The maximum Gasteiger partial charge on any atom is 0.261 e. The number of benzene rings is 1. The summed E-state index contributed by atoms with van der Waals surface area (Å²) in [6, 6.07) is 7.48. The Morgan fingerprint density at radius 2 is 2.12 bits per heavy atom. The fraction of sp³-hybridized carbons (Fsp3) is 0.471. The van der Waals surface area contributed by atoms with Crippen LogP contribution in [0.5, 0.6) is 5.75 Å². The number of hydrogen-bond donors (Lipinski definition) is 1. The molecule has 1 heterocycles. The van der Waals surface area contributed by atoms with Gasteiger partial charge in [-0.25, -0.2) is 0 Å². The van der Waals surface area contributed by atoms with Crippen LogP contribution >= 0.6 is 28.1 Å². The molecule has 25 heavy (non-hydrogen) atoms. The summed E-state index contributed by atoms with van der Waals surface area (Å²) in [7, 11) is 0. The van der Waals surface area contributed by atoms with Gasteiger partial charge in [-0.1, -0.05) is 15.9 Å². The van der Waals surface area contributed by atoms with Gasteiger partial charge in [0.2, 0.25) is 0 Å². The van der Waals surface area contributed by atoms with E-state index in [4.69, 9.17) is 22.2 Å². The SMILES string of the molecule is CCOc1ccc(Br)cc1C(=O)NC(=S)N1CCN(CCC#N)CC1. The molecule has 0 radical (unpaired) electrons. The molecule has 6 nitrogen and oxygen atoms in total. The molecule has 134 valence electrons. The summed E-state index contributed by atoms with van der Waals surface area (Å²) in [5.41, 5.74) is 0.450. The Morgan fingerprint density at radius 1 is 1.40 bits per heavy atom. The van der Waals surface area contributed by atoms with Crippen LogP contribution in [0.3, 0.4) is 0 Å². The average molecular weight is 425 g/mol. The lowest BCUT2D eigenvalue weighted by atomic mass is 10.2. The highest BCUT2D eigenvalue weighted by Crippen LogP contribution is 2.23. The smallest absolute Gasteiger partial charge is 0.261 e. The van der Waals surface area contributed by atoms with E-state index in [0.29, 0.717) is 29.5 Å². The zero-order valence-electron chi connectivity index (χ0n) is 14.1. The summed E-state index contributed by atoms with van der Waals surface area (Å²) in [4.78, 5) is 16.8. The molecule has 0 saturated carbocycles. The number of halogens is 1. The van der Waals surface area contributed by atoms with Crippen LogP contribution in [0.2, 0.25) is 0 Å². The number of hydrogen-bond acceptors (Lipinski definition) is 5. The predicted octanol–water partition coefficient (Wildman–Crippen LogP) is 2.39. The zero-order valence-corrected chi connectivity index (χ0v) is 16.5. The van der Waals surface area contributed by atoms with Gasteiger partial charge in [0.25, 0.3) is 5.91 Å². The molecule has 0 bridgehead atoms. The summed E-state index contributed by atoms with van der Waals surface area (Å²) in [6.45, 7) is 6.27. The number of rotatable bonds is 5. The summed E-state index contributed by atoms with van der Waals surface area (Å²) in [6.07, 6.45) is 0.532. The maximum absolute atomic E-state index is 12.6. The number of ether oxygens (including phenoxy) is 1. The van der Waals surface area contributed by atoms with Gasteiger partial charge in [-0.3, -0.25) is 15.0 Å². The van der Waals surface area contributed by atoms with Crippen molar-refractivity contribution in [2.24, 2.45) is 0 Å². The Bertz CT molecular complexity index is 669. The highest BCUT2D eigenvalue weighted by atomic mass is 79.9. The van der Waals surface area contributed by atoms with Crippen LogP contribution in [0.1, 0.15) is 23.7 Å². The number of carbonyl (C=O) groups is 1. The maximum atomic E-state index is 12.6. The zero-order chi connectivity index (χ0) is 18.2. The van der Waals surface area contributed by atoms with E-state index in [9.17, 15) is 4.79 Å². The van der Waals surface area contributed by atoms with E-state index < -0.39 is 0 Å². The fourth-order valence-corrected chi connectivity index (χ4v) is 3.22. The molecule has 1 saturated heterocycles. The Balaban J connectivity index is 1.94.